The van der Waals surface area contributed by atoms with E-state index in [1.807, 2.05) is 42.5 Å². The molecule has 2 aromatic carbocycles. The fraction of sp³-hybridized carbons (Fsp3) is 0. The number of hydrogen-bond acceptors (Lipinski definition) is 4. The fourth-order valence-electron chi connectivity index (χ4n) is 2.30. The van der Waals surface area contributed by atoms with Gasteiger partial charge in [0.15, 0.2) is 0 Å². The van der Waals surface area contributed by atoms with Crippen LogP contribution in [0.1, 0.15) is 0 Å². The topological polar surface area (TPSA) is 56.5 Å². The molecule has 21 heavy (non-hydrogen) atoms. The zero-order valence-electron chi connectivity index (χ0n) is 11.1. The van der Waals surface area contributed by atoms with Gasteiger partial charge in [0, 0.05) is 11.6 Å². The molecule has 4 rings (SSSR count). The van der Waals surface area contributed by atoms with Crippen molar-refractivity contribution in [1.29, 1.82) is 0 Å². The van der Waals surface area contributed by atoms with Gasteiger partial charge in [-0.1, -0.05) is 42.5 Å². The molecule has 5 nitrogen and oxygen atoms in total. The Morgan fingerprint density at radius 2 is 1.67 bits per heavy atom. The molecule has 100 valence electrons. The molecule has 2 heterocycles. The van der Waals surface area contributed by atoms with Gasteiger partial charge in [-0.2, -0.15) is 0 Å². The fourth-order valence-corrected chi connectivity index (χ4v) is 2.30. The van der Waals surface area contributed by atoms with Crippen molar-refractivity contribution in [1.82, 2.24) is 25.2 Å². The summed E-state index contributed by atoms with van der Waals surface area (Å²) in [6.45, 7) is 0. The SMILES string of the molecule is c1ccc(-c2nnn(-c3cccc4ccccc34)n2)nc1. The van der Waals surface area contributed by atoms with Crippen molar-refractivity contribution >= 4 is 10.8 Å². The highest BCUT2D eigenvalue weighted by Crippen LogP contribution is 2.21. The lowest BCUT2D eigenvalue weighted by atomic mass is 10.1. The highest BCUT2D eigenvalue weighted by molar-refractivity contribution is 5.89. The lowest BCUT2D eigenvalue weighted by Gasteiger charge is -2.03. The minimum atomic E-state index is 0.517. The second-order valence-electron chi connectivity index (χ2n) is 4.62. The molecule has 2 aromatic heterocycles. The summed E-state index contributed by atoms with van der Waals surface area (Å²) in [7, 11) is 0. The van der Waals surface area contributed by atoms with Crippen LogP contribution in [0.15, 0.2) is 66.9 Å². The summed E-state index contributed by atoms with van der Waals surface area (Å²) in [4.78, 5) is 5.79. The van der Waals surface area contributed by atoms with Gasteiger partial charge in [0.05, 0.1) is 5.69 Å². The van der Waals surface area contributed by atoms with Gasteiger partial charge < -0.3 is 0 Å². The molecule has 0 amide bonds. The van der Waals surface area contributed by atoms with E-state index in [0.717, 1.165) is 16.5 Å². The molecule has 0 N–H and O–H groups in total. The Labute approximate surface area is 120 Å². The Balaban J connectivity index is 1.85. The molecule has 0 saturated carbocycles. The monoisotopic (exact) mass is 273 g/mol. The van der Waals surface area contributed by atoms with Gasteiger partial charge in [0.1, 0.15) is 5.69 Å². The van der Waals surface area contributed by atoms with Crippen molar-refractivity contribution in [3.05, 3.63) is 66.9 Å². The Bertz CT molecular complexity index is 893. The summed E-state index contributed by atoms with van der Waals surface area (Å²) >= 11 is 0. The van der Waals surface area contributed by atoms with E-state index in [9.17, 15) is 0 Å². The smallest absolute Gasteiger partial charge is 0.223 e. The molecule has 5 heteroatoms. The summed E-state index contributed by atoms with van der Waals surface area (Å²) in [6, 6.07) is 19.8. The lowest BCUT2D eigenvalue weighted by molar-refractivity contribution is 0.724. The van der Waals surface area contributed by atoms with E-state index in [1.165, 1.54) is 0 Å². The number of tetrazole rings is 1. The molecular formula is C16H11N5. The Morgan fingerprint density at radius 1 is 0.810 bits per heavy atom. The molecular weight excluding hydrogens is 262 g/mol. The number of rotatable bonds is 2. The van der Waals surface area contributed by atoms with Crippen molar-refractivity contribution in [2.45, 2.75) is 0 Å². The Hall–Kier alpha value is -3.08. The number of aromatic nitrogens is 5. The molecule has 0 bridgehead atoms. The molecule has 0 saturated heterocycles. The lowest BCUT2D eigenvalue weighted by Crippen LogP contribution is -2.00. The van der Waals surface area contributed by atoms with Crippen LogP contribution in [0.2, 0.25) is 0 Å². The molecule has 0 aliphatic carbocycles. The van der Waals surface area contributed by atoms with E-state index in [4.69, 9.17) is 0 Å². The van der Waals surface area contributed by atoms with Gasteiger partial charge in [-0.25, -0.2) is 0 Å². The van der Waals surface area contributed by atoms with Crippen LogP contribution >= 0.6 is 0 Å². The number of nitrogens with zero attached hydrogens (tertiary/aromatic N) is 5. The minimum Gasteiger partial charge on any atom is -0.253 e. The van der Waals surface area contributed by atoms with Crippen molar-refractivity contribution in [2.24, 2.45) is 0 Å². The van der Waals surface area contributed by atoms with Gasteiger partial charge >= 0.3 is 0 Å². The first-order valence-electron chi connectivity index (χ1n) is 6.61. The normalized spacial score (nSPS) is 10.9. The first kappa shape index (κ1) is 11.7. The second-order valence-corrected chi connectivity index (χ2v) is 4.62. The average Bonchev–Trinajstić information content (AvgIpc) is 3.05. The predicted octanol–water partition coefficient (Wildman–Crippen LogP) is 2.88. The highest BCUT2D eigenvalue weighted by Gasteiger charge is 2.09. The van der Waals surface area contributed by atoms with Crippen molar-refractivity contribution < 1.29 is 0 Å². The molecule has 0 atom stereocenters. The van der Waals surface area contributed by atoms with Crippen LogP contribution in [0.3, 0.4) is 0 Å². The summed E-state index contributed by atoms with van der Waals surface area (Å²) in [5.74, 6) is 0.517. The van der Waals surface area contributed by atoms with Crippen LogP contribution < -0.4 is 0 Å². The minimum absolute atomic E-state index is 0.517. The average molecular weight is 273 g/mol. The van der Waals surface area contributed by atoms with Gasteiger partial charge in [-0.05, 0) is 28.8 Å². The number of hydrogen-bond donors (Lipinski definition) is 0. The summed E-state index contributed by atoms with van der Waals surface area (Å²) in [6.07, 6.45) is 1.72. The first-order chi connectivity index (χ1) is 10.4. The number of pyridine rings is 1. The Morgan fingerprint density at radius 3 is 2.57 bits per heavy atom. The van der Waals surface area contributed by atoms with E-state index >= 15 is 0 Å². The molecule has 0 unspecified atom stereocenters. The zero-order valence-corrected chi connectivity index (χ0v) is 11.1. The third-order valence-corrected chi connectivity index (χ3v) is 3.29. The van der Waals surface area contributed by atoms with Crippen molar-refractivity contribution in [2.75, 3.05) is 0 Å². The summed E-state index contributed by atoms with van der Waals surface area (Å²) in [5, 5.41) is 14.9. The molecule has 0 spiro atoms. The Kier molecular flexibility index (Phi) is 2.67. The number of benzene rings is 2. The quantitative estimate of drug-likeness (QED) is 0.563. The second kappa shape index (κ2) is 4.79. The maximum atomic E-state index is 4.43. The van der Waals surface area contributed by atoms with Gasteiger partial charge in [-0.3, -0.25) is 4.98 Å². The maximum Gasteiger partial charge on any atom is 0.223 e. The van der Waals surface area contributed by atoms with Crippen LogP contribution in [-0.2, 0) is 0 Å². The van der Waals surface area contributed by atoms with Crippen LogP contribution in [0.4, 0.5) is 0 Å². The van der Waals surface area contributed by atoms with Crippen LogP contribution in [-0.4, -0.2) is 25.2 Å². The molecule has 0 aliphatic rings. The third-order valence-electron chi connectivity index (χ3n) is 3.29. The molecule has 0 fully saturated rings. The van der Waals surface area contributed by atoms with Crippen molar-refractivity contribution in [3.8, 4) is 17.2 Å². The van der Waals surface area contributed by atoms with Gasteiger partial charge in [0.2, 0.25) is 5.82 Å². The van der Waals surface area contributed by atoms with Crippen LogP contribution in [0, 0.1) is 0 Å². The molecule has 0 aliphatic heterocycles. The van der Waals surface area contributed by atoms with Crippen LogP contribution in [0.5, 0.6) is 0 Å². The predicted molar refractivity (Wildman–Crippen MR) is 79.9 cm³/mol. The molecule has 0 radical (unpaired) electrons. The highest BCUT2D eigenvalue weighted by atomic mass is 15.6. The summed E-state index contributed by atoms with van der Waals surface area (Å²) < 4.78 is 0. The summed E-state index contributed by atoms with van der Waals surface area (Å²) in [5.41, 5.74) is 1.62. The van der Waals surface area contributed by atoms with E-state index in [0.29, 0.717) is 11.5 Å². The van der Waals surface area contributed by atoms with E-state index in [2.05, 4.69) is 38.6 Å². The molecule has 4 aromatic rings. The number of fused-ring (bicyclic) bond motifs is 1. The van der Waals surface area contributed by atoms with E-state index in [1.54, 1.807) is 11.0 Å². The largest absolute Gasteiger partial charge is 0.253 e. The zero-order chi connectivity index (χ0) is 14.1. The third kappa shape index (κ3) is 2.04. The van der Waals surface area contributed by atoms with E-state index < -0.39 is 0 Å². The van der Waals surface area contributed by atoms with Gasteiger partial charge in [0.25, 0.3) is 0 Å². The van der Waals surface area contributed by atoms with E-state index in [-0.39, 0.29) is 0 Å². The standard InChI is InChI=1S/C16H11N5/c1-2-8-13-12(6-1)7-5-10-15(13)21-19-16(18-20-21)14-9-3-4-11-17-14/h1-11H. The van der Waals surface area contributed by atoms with Crippen LogP contribution in [0.25, 0.3) is 28.0 Å². The van der Waals surface area contributed by atoms with Crippen molar-refractivity contribution in [3.63, 3.8) is 0 Å². The maximum absolute atomic E-state index is 4.43. The first-order valence-corrected chi connectivity index (χ1v) is 6.61. The van der Waals surface area contributed by atoms with Gasteiger partial charge in [-0.15, -0.1) is 15.0 Å².